The minimum Gasteiger partial charge on any atom is -0.479 e. The molecule has 10 nitrogen and oxygen atoms in total. The van der Waals surface area contributed by atoms with Gasteiger partial charge in [-0.2, -0.15) is 0 Å². The van der Waals surface area contributed by atoms with Crippen LogP contribution in [0, 0.1) is 5.92 Å². The third-order valence-electron chi connectivity index (χ3n) is 4.70. The molecule has 0 spiro atoms. The summed E-state index contributed by atoms with van der Waals surface area (Å²) in [6.07, 6.45) is 2.24. The number of carboxylic acids is 2. The molecule has 0 unspecified atom stereocenters. The Hall–Kier alpha value is -3.14. The van der Waals surface area contributed by atoms with Crippen LogP contribution in [-0.2, 0) is 14.4 Å². The number of carbonyl (C=O) groups is 4. The third kappa shape index (κ3) is 7.36. The molecule has 1 aromatic rings. The maximum Gasteiger partial charge on any atom is 0.341 e. The number of Topliss-reactive ketones (excluding diaryl/α,β-unsaturated/α-hetero) is 1. The van der Waals surface area contributed by atoms with Gasteiger partial charge in [0.1, 0.15) is 0 Å². The molecule has 1 amide bonds. The van der Waals surface area contributed by atoms with Crippen LogP contribution in [0.4, 0.5) is 0 Å². The van der Waals surface area contributed by atoms with Gasteiger partial charge in [0, 0.05) is 19.0 Å². The molecule has 10 heteroatoms. The molecule has 1 fully saturated rings. The summed E-state index contributed by atoms with van der Waals surface area (Å²) in [4.78, 5) is 47.9. The number of ketones is 1. The van der Waals surface area contributed by atoms with E-state index < -0.39 is 25.2 Å². The smallest absolute Gasteiger partial charge is 0.341 e. The minimum atomic E-state index is -1.24. The molecule has 2 rings (SSSR count). The number of benzene rings is 1. The van der Waals surface area contributed by atoms with Crippen molar-refractivity contribution in [3.05, 3.63) is 23.8 Å². The summed E-state index contributed by atoms with van der Waals surface area (Å²) in [5.41, 5.74) is 0.194. The molecule has 1 aliphatic rings. The highest BCUT2D eigenvalue weighted by Gasteiger charge is 2.21. The van der Waals surface area contributed by atoms with E-state index in [1.54, 1.807) is 7.05 Å². The first-order chi connectivity index (χ1) is 14.3. The van der Waals surface area contributed by atoms with Gasteiger partial charge in [-0.15, -0.1) is 0 Å². The third-order valence-corrected chi connectivity index (χ3v) is 4.70. The van der Waals surface area contributed by atoms with Crippen molar-refractivity contribution in [3.63, 3.8) is 0 Å². The van der Waals surface area contributed by atoms with E-state index >= 15 is 0 Å². The highest BCUT2D eigenvalue weighted by atomic mass is 16.5. The number of ether oxygens (including phenoxy) is 2. The van der Waals surface area contributed by atoms with Gasteiger partial charge in [-0.25, -0.2) is 9.59 Å². The van der Waals surface area contributed by atoms with E-state index in [-0.39, 0.29) is 35.3 Å². The Balaban J connectivity index is 2.03. The lowest BCUT2D eigenvalue weighted by atomic mass is 9.94. The predicted molar refractivity (Wildman–Crippen MR) is 105 cm³/mol. The van der Waals surface area contributed by atoms with E-state index in [0.717, 1.165) is 25.9 Å². The fourth-order valence-electron chi connectivity index (χ4n) is 3.08. The molecule has 0 atom stereocenters. The number of amides is 1. The Labute approximate surface area is 173 Å². The van der Waals surface area contributed by atoms with E-state index in [9.17, 15) is 19.2 Å². The molecule has 0 aromatic heterocycles. The van der Waals surface area contributed by atoms with Crippen molar-refractivity contribution in [2.45, 2.75) is 19.3 Å². The van der Waals surface area contributed by atoms with Crippen molar-refractivity contribution in [3.8, 4) is 11.5 Å². The first-order valence-electron chi connectivity index (χ1n) is 9.57. The number of piperidine rings is 1. The van der Waals surface area contributed by atoms with E-state index in [0.29, 0.717) is 12.3 Å². The summed E-state index contributed by atoms with van der Waals surface area (Å²) in [7, 11) is 1.56. The zero-order valence-corrected chi connectivity index (χ0v) is 16.8. The Bertz CT molecular complexity index is 789. The fourth-order valence-corrected chi connectivity index (χ4v) is 3.08. The molecule has 1 aliphatic heterocycles. The van der Waals surface area contributed by atoms with Crippen molar-refractivity contribution in [2.24, 2.45) is 5.92 Å². The Morgan fingerprint density at radius 1 is 1.03 bits per heavy atom. The van der Waals surface area contributed by atoms with Crippen LogP contribution < -0.4 is 14.8 Å². The molecule has 30 heavy (non-hydrogen) atoms. The van der Waals surface area contributed by atoms with Crippen molar-refractivity contribution >= 4 is 23.6 Å². The second kappa shape index (κ2) is 11.1. The molecule has 0 saturated carbocycles. The molecule has 0 radical (unpaired) electrons. The van der Waals surface area contributed by atoms with Crippen LogP contribution in [0.5, 0.6) is 11.5 Å². The zero-order chi connectivity index (χ0) is 22.1. The lowest BCUT2D eigenvalue weighted by Gasteiger charge is -2.24. The lowest BCUT2D eigenvalue weighted by molar-refractivity contribution is -0.140. The van der Waals surface area contributed by atoms with Crippen LogP contribution in [0.15, 0.2) is 18.2 Å². The number of nitrogens with zero attached hydrogens (tertiary/aromatic N) is 1. The van der Waals surface area contributed by atoms with Crippen LogP contribution in [0.2, 0.25) is 0 Å². The van der Waals surface area contributed by atoms with Crippen LogP contribution in [0.1, 0.15) is 29.6 Å². The monoisotopic (exact) mass is 422 g/mol. The first-order valence-corrected chi connectivity index (χ1v) is 9.57. The summed E-state index contributed by atoms with van der Waals surface area (Å²) in [6.45, 7) is 0.296. The summed E-state index contributed by atoms with van der Waals surface area (Å²) in [5, 5.41) is 20.8. The second-order valence-corrected chi connectivity index (χ2v) is 7.10. The molecule has 0 aliphatic carbocycles. The quantitative estimate of drug-likeness (QED) is 0.438. The number of hydrogen-bond donors (Lipinski definition) is 3. The van der Waals surface area contributed by atoms with Gasteiger partial charge in [-0.05, 0) is 50.0 Å². The molecule has 1 saturated heterocycles. The molecule has 1 aromatic carbocycles. The molecule has 0 bridgehead atoms. The van der Waals surface area contributed by atoms with Gasteiger partial charge in [0.2, 0.25) is 5.91 Å². The van der Waals surface area contributed by atoms with Gasteiger partial charge >= 0.3 is 11.9 Å². The number of aliphatic carboxylic acids is 2. The molecule has 1 heterocycles. The lowest BCUT2D eigenvalue weighted by Crippen LogP contribution is -2.35. The van der Waals surface area contributed by atoms with Gasteiger partial charge in [0.25, 0.3) is 0 Å². The number of rotatable bonds is 11. The fraction of sp³-hybridized carbons (Fsp3) is 0.500. The zero-order valence-electron chi connectivity index (χ0n) is 16.8. The summed E-state index contributed by atoms with van der Waals surface area (Å²) in [5.74, 6) is -2.68. The highest BCUT2D eigenvalue weighted by molar-refractivity contribution is 5.99. The topological polar surface area (TPSA) is 142 Å². The molecular weight excluding hydrogens is 396 g/mol. The first kappa shape index (κ1) is 23.1. The van der Waals surface area contributed by atoms with Crippen molar-refractivity contribution < 1.29 is 38.9 Å². The minimum absolute atomic E-state index is 0.00513. The maximum absolute atomic E-state index is 12.6. The molecule has 3 N–H and O–H groups in total. The van der Waals surface area contributed by atoms with Gasteiger partial charge in [-0.3, -0.25) is 9.59 Å². The van der Waals surface area contributed by atoms with E-state index in [4.69, 9.17) is 19.7 Å². The Morgan fingerprint density at radius 2 is 1.63 bits per heavy atom. The Morgan fingerprint density at radius 3 is 2.23 bits per heavy atom. The summed E-state index contributed by atoms with van der Waals surface area (Å²) < 4.78 is 10.2. The number of likely N-dealkylation sites (N-methyl/N-ethyl adjacent to an activating group) is 1. The SMILES string of the molecule is CN(CC(=O)c1ccc(OCC(=O)O)c(OCC(=O)O)c1)C(=O)CC1CCNCC1. The number of hydrogen-bond acceptors (Lipinski definition) is 7. The van der Waals surface area contributed by atoms with Crippen LogP contribution in [0.25, 0.3) is 0 Å². The number of carboxylic acid groups (broad SMARTS) is 2. The molecule has 164 valence electrons. The summed E-state index contributed by atoms with van der Waals surface area (Å²) >= 11 is 0. The van der Waals surface area contributed by atoms with Gasteiger partial charge in [-0.1, -0.05) is 0 Å². The normalized spacial score (nSPS) is 14.0. The van der Waals surface area contributed by atoms with Crippen LogP contribution in [-0.4, -0.2) is 78.6 Å². The van der Waals surface area contributed by atoms with Crippen molar-refractivity contribution in [1.29, 1.82) is 0 Å². The number of nitrogens with one attached hydrogen (secondary N) is 1. The maximum atomic E-state index is 12.6. The van der Waals surface area contributed by atoms with E-state index in [1.807, 2.05) is 0 Å². The average Bonchev–Trinajstić information content (AvgIpc) is 2.71. The van der Waals surface area contributed by atoms with E-state index in [2.05, 4.69) is 5.32 Å². The standard InChI is InChI=1S/C20H26N2O8/c1-22(18(24)8-13-4-6-21-7-5-13)10-15(23)14-2-3-16(29-11-19(25)26)17(9-14)30-12-20(27)28/h2-3,9,13,21H,4-8,10-12H2,1H3,(H,25,26)(H,27,28). The van der Waals surface area contributed by atoms with E-state index in [1.165, 1.54) is 23.1 Å². The van der Waals surface area contributed by atoms with Crippen molar-refractivity contribution in [1.82, 2.24) is 10.2 Å². The van der Waals surface area contributed by atoms with Crippen molar-refractivity contribution in [2.75, 3.05) is 39.9 Å². The Kier molecular flexibility index (Phi) is 8.60. The van der Waals surface area contributed by atoms with Crippen LogP contribution in [0.3, 0.4) is 0 Å². The predicted octanol–water partition coefficient (Wildman–Crippen LogP) is 0.644. The van der Waals surface area contributed by atoms with Gasteiger partial charge in [0.15, 0.2) is 30.5 Å². The van der Waals surface area contributed by atoms with Gasteiger partial charge in [0.05, 0.1) is 6.54 Å². The average molecular weight is 422 g/mol. The van der Waals surface area contributed by atoms with Gasteiger partial charge < -0.3 is 29.9 Å². The largest absolute Gasteiger partial charge is 0.479 e. The number of carbonyl (C=O) groups excluding carboxylic acids is 2. The van der Waals surface area contributed by atoms with Crippen LogP contribution >= 0.6 is 0 Å². The molecular formula is C20H26N2O8. The second-order valence-electron chi connectivity index (χ2n) is 7.10. The highest BCUT2D eigenvalue weighted by Crippen LogP contribution is 2.29. The summed E-state index contributed by atoms with van der Waals surface area (Å²) in [6, 6.07) is 4.04.